The van der Waals surface area contributed by atoms with E-state index < -0.39 is 24.3 Å². The number of carbonyl (C=O) groups is 2. The van der Waals surface area contributed by atoms with Gasteiger partial charge in [0, 0.05) is 6.54 Å². The van der Waals surface area contributed by atoms with Crippen LogP contribution in [0.1, 0.15) is 19.3 Å². The van der Waals surface area contributed by atoms with Gasteiger partial charge in [0.15, 0.2) is 0 Å². The van der Waals surface area contributed by atoms with Gasteiger partial charge in [0.2, 0.25) is 0 Å². The minimum Gasteiger partial charge on any atom is -0.480 e. The summed E-state index contributed by atoms with van der Waals surface area (Å²) in [6.07, 6.45) is -1.62. The van der Waals surface area contributed by atoms with Crippen LogP contribution in [0.3, 0.4) is 0 Å². The molecule has 0 aromatic carbocycles. The van der Waals surface area contributed by atoms with Crippen molar-refractivity contribution in [3.63, 3.8) is 0 Å². The Hall–Kier alpha value is -1.20. The standard InChI is InChI=1S/C8H11F2NO3/c9-6(10)7(12)11-4-2-1-3-5(11)8(13)14/h5-6H,1-4H2,(H,13,14). The van der Waals surface area contributed by atoms with Gasteiger partial charge >= 0.3 is 12.4 Å². The lowest BCUT2D eigenvalue weighted by Gasteiger charge is -2.32. The second-order valence-electron chi connectivity index (χ2n) is 3.18. The molecule has 4 nitrogen and oxygen atoms in total. The van der Waals surface area contributed by atoms with Gasteiger partial charge in [-0.05, 0) is 19.3 Å². The normalized spacial score (nSPS) is 22.5. The van der Waals surface area contributed by atoms with Crippen LogP contribution in [0, 0.1) is 0 Å². The van der Waals surface area contributed by atoms with Crippen molar-refractivity contribution < 1.29 is 23.5 Å². The van der Waals surface area contributed by atoms with Crippen molar-refractivity contribution >= 4 is 11.9 Å². The molecule has 0 bridgehead atoms. The highest BCUT2D eigenvalue weighted by Crippen LogP contribution is 2.19. The molecule has 1 heterocycles. The predicted octanol–water partition coefficient (Wildman–Crippen LogP) is 0.717. The average Bonchev–Trinajstić information content (AvgIpc) is 2.16. The van der Waals surface area contributed by atoms with Crippen molar-refractivity contribution in [1.82, 2.24) is 4.90 Å². The number of likely N-dealkylation sites (tertiary alicyclic amines) is 1. The van der Waals surface area contributed by atoms with Crippen LogP contribution in [-0.4, -0.2) is 40.9 Å². The van der Waals surface area contributed by atoms with Crippen LogP contribution < -0.4 is 0 Å². The predicted molar refractivity (Wildman–Crippen MR) is 43.0 cm³/mol. The molecule has 1 aliphatic heterocycles. The van der Waals surface area contributed by atoms with Crippen LogP contribution in [0.5, 0.6) is 0 Å². The number of nitrogens with zero attached hydrogens (tertiary/aromatic N) is 1. The molecule has 0 spiro atoms. The molecule has 80 valence electrons. The number of carboxylic acids is 1. The Balaban J connectivity index is 2.72. The zero-order valence-electron chi connectivity index (χ0n) is 7.45. The quantitative estimate of drug-likeness (QED) is 0.725. The topological polar surface area (TPSA) is 57.6 Å². The molecule has 1 rings (SSSR count). The number of hydrogen-bond donors (Lipinski definition) is 1. The lowest BCUT2D eigenvalue weighted by Crippen LogP contribution is -2.50. The number of amides is 1. The number of rotatable bonds is 2. The molecular formula is C8H11F2NO3. The molecule has 6 heteroatoms. The Kier molecular flexibility index (Phi) is 3.38. The van der Waals surface area contributed by atoms with Crippen LogP contribution in [0.4, 0.5) is 8.78 Å². The van der Waals surface area contributed by atoms with E-state index in [0.717, 1.165) is 4.90 Å². The van der Waals surface area contributed by atoms with Crippen molar-refractivity contribution in [3.8, 4) is 0 Å². The van der Waals surface area contributed by atoms with Gasteiger partial charge < -0.3 is 10.0 Å². The van der Waals surface area contributed by atoms with E-state index in [-0.39, 0.29) is 13.0 Å². The molecular weight excluding hydrogens is 196 g/mol. The first-order chi connectivity index (χ1) is 6.54. The zero-order valence-corrected chi connectivity index (χ0v) is 7.45. The van der Waals surface area contributed by atoms with Crippen LogP contribution in [0.25, 0.3) is 0 Å². The fraction of sp³-hybridized carbons (Fsp3) is 0.750. The highest BCUT2D eigenvalue weighted by atomic mass is 19.3. The number of aliphatic carboxylic acids is 1. The molecule has 0 radical (unpaired) electrons. The summed E-state index contributed by atoms with van der Waals surface area (Å²) in [6.45, 7) is 0.111. The third-order valence-corrected chi connectivity index (χ3v) is 2.26. The Morgan fingerprint density at radius 3 is 2.50 bits per heavy atom. The van der Waals surface area contributed by atoms with Crippen molar-refractivity contribution in [2.75, 3.05) is 6.54 Å². The highest BCUT2D eigenvalue weighted by Gasteiger charge is 2.35. The fourth-order valence-corrected chi connectivity index (χ4v) is 1.58. The van der Waals surface area contributed by atoms with E-state index in [9.17, 15) is 18.4 Å². The van der Waals surface area contributed by atoms with Crippen LogP contribution >= 0.6 is 0 Å². The zero-order chi connectivity index (χ0) is 10.7. The fourth-order valence-electron chi connectivity index (χ4n) is 1.58. The molecule has 0 aromatic heterocycles. The molecule has 0 aliphatic carbocycles. The summed E-state index contributed by atoms with van der Waals surface area (Å²) in [5, 5.41) is 8.70. The molecule has 1 saturated heterocycles. The third kappa shape index (κ3) is 2.18. The summed E-state index contributed by atoms with van der Waals surface area (Å²) in [4.78, 5) is 22.3. The van der Waals surface area contributed by atoms with E-state index in [1.165, 1.54) is 0 Å². The summed E-state index contributed by atoms with van der Waals surface area (Å²) < 4.78 is 24.1. The van der Waals surface area contributed by atoms with Crippen molar-refractivity contribution in [2.45, 2.75) is 31.7 Å². The van der Waals surface area contributed by atoms with Gasteiger partial charge in [-0.2, -0.15) is 8.78 Å². The van der Waals surface area contributed by atoms with Gasteiger partial charge in [-0.15, -0.1) is 0 Å². The molecule has 1 aliphatic rings. The smallest absolute Gasteiger partial charge is 0.326 e. The first kappa shape index (κ1) is 10.9. The van der Waals surface area contributed by atoms with Gasteiger partial charge in [-0.25, -0.2) is 4.79 Å². The van der Waals surface area contributed by atoms with E-state index in [2.05, 4.69) is 0 Å². The van der Waals surface area contributed by atoms with Gasteiger partial charge in [-0.3, -0.25) is 4.79 Å². The molecule has 1 amide bonds. The maximum atomic E-state index is 12.1. The van der Waals surface area contributed by atoms with E-state index in [1.807, 2.05) is 0 Å². The monoisotopic (exact) mass is 207 g/mol. The Bertz CT molecular complexity index is 245. The van der Waals surface area contributed by atoms with Crippen LogP contribution in [-0.2, 0) is 9.59 Å². The summed E-state index contributed by atoms with van der Waals surface area (Å²) >= 11 is 0. The molecule has 1 atom stereocenters. The lowest BCUT2D eigenvalue weighted by molar-refractivity contribution is -0.157. The SMILES string of the molecule is O=C(O)C1CCCCN1C(=O)C(F)F. The summed E-state index contributed by atoms with van der Waals surface area (Å²) in [5.74, 6) is -2.59. The first-order valence-corrected chi connectivity index (χ1v) is 4.35. The minimum absolute atomic E-state index is 0.111. The Morgan fingerprint density at radius 2 is 2.00 bits per heavy atom. The summed E-state index contributed by atoms with van der Waals surface area (Å²) in [6, 6.07) is -1.08. The number of carbonyl (C=O) groups excluding carboxylic acids is 1. The second kappa shape index (κ2) is 4.34. The number of alkyl halides is 2. The molecule has 0 saturated carbocycles. The summed E-state index contributed by atoms with van der Waals surface area (Å²) in [7, 11) is 0. The van der Waals surface area contributed by atoms with E-state index >= 15 is 0 Å². The molecule has 14 heavy (non-hydrogen) atoms. The van der Waals surface area contributed by atoms with Gasteiger partial charge in [0.1, 0.15) is 6.04 Å². The van der Waals surface area contributed by atoms with Crippen LogP contribution in [0.2, 0.25) is 0 Å². The largest absolute Gasteiger partial charge is 0.480 e. The number of piperidine rings is 1. The lowest BCUT2D eigenvalue weighted by atomic mass is 10.0. The number of hydrogen-bond acceptors (Lipinski definition) is 2. The van der Waals surface area contributed by atoms with Gasteiger partial charge in [0.25, 0.3) is 5.91 Å². The maximum Gasteiger partial charge on any atom is 0.326 e. The summed E-state index contributed by atoms with van der Waals surface area (Å²) in [5.41, 5.74) is 0. The van der Waals surface area contributed by atoms with E-state index in [4.69, 9.17) is 5.11 Å². The minimum atomic E-state index is -3.12. The average molecular weight is 207 g/mol. The van der Waals surface area contributed by atoms with E-state index in [1.54, 1.807) is 0 Å². The van der Waals surface area contributed by atoms with Crippen molar-refractivity contribution in [2.24, 2.45) is 0 Å². The number of carboxylic acid groups (broad SMARTS) is 1. The Morgan fingerprint density at radius 1 is 1.36 bits per heavy atom. The highest BCUT2D eigenvalue weighted by molar-refractivity contribution is 5.85. The van der Waals surface area contributed by atoms with Crippen molar-refractivity contribution in [3.05, 3.63) is 0 Å². The molecule has 1 N–H and O–H groups in total. The van der Waals surface area contributed by atoms with Gasteiger partial charge in [0.05, 0.1) is 0 Å². The third-order valence-electron chi connectivity index (χ3n) is 2.26. The van der Waals surface area contributed by atoms with Crippen LogP contribution in [0.15, 0.2) is 0 Å². The molecule has 1 fully saturated rings. The molecule has 0 aromatic rings. The first-order valence-electron chi connectivity index (χ1n) is 4.35. The Labute approximate surface area is 79.5 Å². The van der Waals surface area contributed by atoms with E-state index in [0.29, 0.717) is 12.8 Å². The molecule has 1 unspecified atom stereocenters. The maximum absolute atomic E-state index is 12.1. The second-order valence-corrected chi connectivity index (χ2v) is 3.18. The van der Waals surface area contributed by atoms with Gasteiger partial charge in [-0.1, -0.05) is 0 Å². The van der Waals surface area contributed by atoms with Crippen molar-refractivity contribution in [1.29, 1.82) is 0 Å². The number of halogens is 2.